The van der Waals surface area contributed by atoms with Gasteiger partial charge in [0.2, 0.25) is 11.9 Å². The van der Waals surface area contributed by atoms with Crippen molar-refractivity contribution in [2.45, 2.75) is 13.8 Å². The Labute approximate surface area is 256 Å². The van der Waals surface area contributed by atoms with Gasteiger partial charge in [0.25, 0.3) is 0 Å². The minimum Gasteiger partial charge on any atom is -0.497 e. The molecule has 0 unspecified atom stereocenters. The molecule has 0 radical (unpaired) electrons. The van der Waals surface area contributed by atoms with E-state index in [4.69, 9.17) is 25.4 Å². The summed E-state index contributed by atoms with van der Waals surface area (Å²) >= 11 is 0. The Morgan fingerprint density at radius 1 is 0.614 bits per heavy atom. The number of aryl methyl sites for hydroxylation is 2. The average molecular weight is 586 g/mol. The van der Waals surface area contributed by atoms with Crippen molar-refractivity contribution in [3.8, 4) is 17.1 Å². The van der Waals surface area contributed by atoms with Crippen molar-refractivity contribution in [1.82, 2.24) is 24.9 Å². The first-order valence-electron chi connectivity index (χ1n) is 14.2. The van der Waals surface area contributed by atoms with Crippen LogP contribution in [0.5, 0.6) is 5.75 Å². The standard InChI is InChI=1S/C34H35N9O/c1-20-16-30(41(3)4)26-18-23(10-14-28(26)36-20)43(24-11-15-29-27(19-24)31(42(5)6)17-21(2)37-29)34-39-32(38-33(35)40-34)22-8-12-25(44-7)13-9-22/h8-19H,1-7H3,(H2,35,38,39,40). The van der Waals surface area contributed by atoms with E-state index in [1.165, 1.54) is 0 Å². The number of aromatic nitrogens is 5. The molecule has 0 fully saturated rings. The monoisotopic (exact) mass is 585 g/mol. The van der Waals surface area contributed by atoms with E-state index in [1.807, 2.05) is 95.5 Å². The van der Waals surface area contributed by atoms with Crippen LogP contribution in [0.1, 0.15) is 11.4 Å². The van der Waals surface area contributed by atoms with Gasteiger partial charge in [-0.05, 0) is 86.6 Å². The van der Waals surface area contributed by atoms with Crippen LogP contribution >= 0.6 is 0 Å². The number of hydrogen-bond acceptors (Lipinski definition) is 10. The van der Waals surface area contributed by atoms with Gasteiger partial charge < -0.3 is 20.3 Å². The van der Waals surface area contributed by atoms with Crippen LogP contribution in [0.25, 0.3) is 33.2 Å². The average Bonchev–Trinajstić information content (AvgIpc) is 3.00. The molecule has 0 saturated carbocycles. The van der Waals surface area contributed by atoms with Gasteiger partial charge in [0.1, 0.15) is 5.75 Å². The van der Waals surface area contributed by atoms with Crippen LogP contribution in [0.15, 0.2) is 72.8 Å². The SMILES string of the molecule is COc1ccc(-c2nc(N)nc(N(c3ccc4nc(C)cc(N(C)C)c4c3)c3ccc4nc(C)cc(N(C)C)c4c3)n2)cc1. The molecule has 0 aliphatic carbocycles. The maximum absolute atomic E-state index is 6.34. The van der Waals surface area contributed by atoms with E-state index >= 15 is 0 Å². The van der Waals surface area contributed by atoms with Gasteiger partial charge in [0.05, 0.1) is 18.1 Å². The molecule has 3 heterocycles. The van der Waals surface area contributed by atoms with Crippen LogP contribution in [-0.2, 0) is 0 Å². The van der Waals surface area contributed by atoms with E-state index in [9.17, 15) is 0 Å². The lowest BCUT2D eigenvalue weighted by Gasteiger charge is -2.26. The first-order valence-corrected chi connectivity index (χ1v) is 14.2. The van der Waals surface area contributed by atoms with Gasteiger partial charge in [0.15, 0.2) is 5.82 Å². The van der Waals surface area contributed by atoms with Gasteiger partial charge in [-0.25, -0.2) is 0 Å². The number of ether oxygens (including phenoxy) is 1. The van der Waals surface area contributed by atoms with E-state index in [0.29, 0.717) is 11.8 Å². The lowest BCUT2D eigenvalue weighted by molar-refractivity contribution is 0.415. The number of pyridine rings is 2. The summed E-state index contributed by atoms with van der Waals surface area (Å²) < 4.78 is 5.34. The molecule has 2 N–H and O–H groups in total. The molecule has 0 aliphatic heterocycles. The number of methoxy groups -OCH3 is 1. The van der Waals surface area contributed by atoms with E-state index < -0.39 is 0 Å². The lowest BCUT2D eigenvalue weighted by atomic mass is 10.1. The molecule has 10 heteroatoms. The third-order valence-electron chi connectivity index (χ3n) is 7.47. The summed E-state index contributed by atoms with van der Waals surface area (Å²) in [7, 11) is 9.78. The number of nitrogen functional groups attached to an aromatic ring is 1. The van der Waals surface area contributed by atoms with Crippen LogP contribution in [-0.4, -0.2) is 60.2 Å². The third kappa shape index (κ3) is 5.37. The summed E-state index contributed by atoms with van der Waals surface area (Å²) in [5.74, 6) is 1.70. The largest absolute Gasteiger partial charge is 0.497 e. The highest BCUT2D eigenvalue weighted by atomic mass is 16.5. The van der Waals surface area contributed by atoms with Gasteiger partial charge >= 0.3 is 0 Å². The Hall–Kier alpha value is -5.51. The number of benzene rings is 3. The Balaban J connectivity index is 1.61. The second kappa shape index (κ2) is 11.3. The molecule has 10 nitrogen and oxygen atoms in total. The molecule has 3 aromatic carbocycles. The molecule has 0 saturated heterocycles. The summed E-state index contributed by atoms with van der Waals surface area (Å²) in [6, 6.07) is 24.1. The zero-order valence-electron chi connectivity index (χ0n) is 26.0. The minimum absolute atomic E-state index is 0.116. The number of nitrogens with zero attached hydrogens (tertiary/aromatic N) is 8. The van der Waals surface area contributed by atoms with E-state index in [-0.39, 0.29) is 5.95 Å². The fourth-order valence-corrected chi connectivity index (χ4v) is 5.40. The highest BCUT2D eigenvalue weighted by Crippen LogP contribution is 2.39. The second-order valence-electron chi connectivity index (χ2n) is 11.1. The number of nitrogens with two attached hydrogens (primary N) is 1. The normalized spacial score (nSPS) is 11.2. The zero-order chi connectivity index (χ0) is 31.1. The maximum Gasteiger partial charge on any atom is 0.239 e. The van der Waals surface area contributed by atoms with Crippen LogP contribution < -0.4 is 25.2 Å². The Morgan fingerprint density at radius 3 is 1.61 bits per heavy atom. The topological polar surface area (TPSA) is 109 Å². The third-order valence-corrected chi connectivity index (χ3v) is 7.47. The molecule has 44 heavy (non-hydrogen) atoms. The van der Waals surface area contributed by atoms with E-state index in [1.54, 1.807) is 7.11 Å². The Morgan fingerprint density at radius 2 is 1.14 bits per heavy atom. The molecule has 0 bridgehead atoms. The van der Waals surface area contributed by atoms with Gasteiger partial charge in [0, 0.05) is 78.7 Å². The number of fused-ring (bicyclic) bond motifs is 2. The van der Waals surface area contributed by atoms with Gasteiger partial charge in [-0.2, -0.15) is 15.0 Å². The van der Waals surface area contributed by atoms with Crippen LogP contribution in [0.4, 0.5) is 34.6 Å². The summed E-state index contributed by atoms with van der Waals surface area (Å²) in [6.45, 7) is 4.02. The predicted octanol–water partition coefficient (Wildman–Crippen LogP) is 6.44. The molecule has 6 aromatic rings. The summed E-state index contributed by atoms with van der Waals surface area (Å²) in [5.41, 5.74) is 14.7. The Bertz CT molecular complexity index is 1910. The van der Waals surface area contributed by atoms with Crippen molar-refractivity contribution in [2.24, 2.45) is 0 Å². The predicted molar refractivity (Wildman–Crippen MR) is 180 cm³/mol. The molecule has 3 aromatic heterocycles. The number of hydrogen-bond donors (Lipinski definition) is 1. The van der Waals surface area contributed by atoms with E-state index in [2.05, 4.69) is 44.0 Å². The van der Waals surface area contributed by atoms with Crippen LogP contribution in [0, 0.1) is 13.8 Å². The van der Waals surface area contributed by atoms with Gasteiger partial charge in [-0.3, -0.25) is 14.9 Å². The summed E-state index contributed by atoms with van der Waals surface area (Å²) in [4.78, 5) is 29.9. The molecule has 222 valence electrons. The van der Waals surface area contributed by atoms with E-state index in [0.717, 1.165) is 67.3 Å². The highest BCUT2D eigenvalue weighted by Gasteiger charge is 2.21. The minimum atomic E-state index is 0.116. The molecule has 0 aliphatic rings. The lowest BCUT2D eigenvalue weighted by Crippen LogP contribution is -2.16. The molecule has 6 rings (SSSR count). The van der Waals surface area contributed by atoms with Crippen molar-refractivity contribution >= 4 is 56.5 Å². The van der Waals surface area contributed by atoms with Crippen LogP contribution in [0.2, 0.25) is 0 Å². The van der Waals surface area contributed by atoms with Crippen molar-refractivity contribution < 1.29 is 4.74 Å². The van der Waals surface area contributed by atoms with Gasteiger partial charge in [-0.1, -0.05) is 0 Å². The summed E-state index contributed by atoms with van der Waals surface area (Å²) in [6.07, 6.45) is 0. The van der Waals surface area contributed by atoms with Crippen molar-refractivity contribution in [3.05, 3.63) is 84.2 Å². The summed E-state index contributed by atoms with van der Waals surface area (Å²) in [5, 5.41) is 2.01. The maximum atomic E-state index is 6.34. The fraction of sp³-hybridized carbons (Fsp3) is 0.206. The molecule has 0 spiro atoms. The second-order valence-corrected chi connectivity index (χ2v) is 11.1. The van der Waals surface area contributed by atoms with Crippen LogP contribution in [0.3, 0.4) is 0 Å². The fourth-order valence-electron chi connectivity index (χ4n) is 5.40. The van der Waals surface area contributed by atoms with Crippen molar-refractivity contribution in [2.75, 3.05) is 55.7 Å². The first-order chi connectivity index (χ1) is 21.1. The Kier molecular flexibility index (Phi) is 7.34. The molecule has 0 amide bonds. The molecular weight excluding hydrogens is 550 g/mol. The number of rotatable bonds is 7. The quantitative estimate of drug-likeness (QED) is 0.225. The number of anilines is 6. The van der Waals surface area contributed by atoms with Crippen molar-refractivity contribution in [1.29, 1.82) is 0 Å². The highest BCUT2D eigenvalue weighted by molar-refractivity contribution is 5.98. The molecule has 0 atom stereocenters. The zero-order valence-corrected chi connectivity index (χ0v) is 26.0. The first kappa shape index (κ1) is 28.6. The smallest absolute Gasteiger partial charge is 0.239 e. The van der Waals surface area contributed by atoms with Gasteiger partial charge in [-0.15, -0.1) is 0 Å². The van der Waals surface area contributed by atoms with Crippen molar-refractivity contribution in [3.63, 3.8) is 0 Å². The molecular formula is C34H35N9O.